The molecule has 0 radical (unpaired) electrons. The number of carbonyl (C=O) groups excluding carboxylic acids is 1. The normalized spacial score (nSPS) is 14.4. The van der Waals surface area contributed by atoms with Crippen LogP contribution in [0, 0.1) is 0 Å². The predicted molar refractivity (Wildman–Crippen MR) is 233 cm³/mol. The first-order valence-electron chi connectivity index (χ1n) is 23.4. The molecular weight excluding hydrogens is 671 g/mol. The quantitative estimate of drug-likeness (QED) is 0.0314. The molecule has 5 N–H and O–H groups in total. The Morgan fingerprint density at radius 3 is 1.17 bits per heavy atom. The number of aliphatic hydroxyl groups is 4. The van der Waals surface area contributed by atoms with Gasteiger partial charge < -0.3 is 25.7 Å². The number of nitrogens with one attached hydrogen (secondary N) is 1. The molecular formula is C48H91NO5. The van der Waals surface area contributed by atoms with Gasteiger partial charge in [0.25, 0.3) is 0 Å². The van der Waals surface area contributed by atoms with Crippen LogP contribution in [-0.2, 0) is 4.79 Å². The van der Waals surface area contributed by atoms with Crippen molar-refractivity contribution in [2.75, 3.05) is 6.61 Å². The van der Waals surface area contributed by atoms with Crippen molar-refractivity contribution in [3.63, 3.8) is 0 Å². The molecule has 4 unspecified atom stereocenters. The Labute approximate surface area is 335 Å². The zero-order valence-corrected chi connectivity index (χ0v) is 35.7. The molecule has 0 bridgehead atoms. The summed E-state index contributed by atoms with van der Waals surface area (Å²) < 4.78 is 0. The van der Waals surface area contributed by atoms with Gasteiger partial charge in [-0.1, -0.05) is 204 Å². The van der Waals surface area contributed by atoms with E-state index in [2.05, 4.69) is 55.6 Å². The molecule has 318 valence electrons. The summed E-state index contributed by atoms with van der Waals surface area (Å²) in [5.41, 5.74) is 0. The van der Waals surface area contributed by atoms with Crippen LogP contribution >= 0.6 is 0 Å². The number of allylic oxidation sites excluding steroid dienone is 6. The molecule has 0 spiro atoms. The second-order valence-corrected chi connectivity index (χ2v) is 16.1. The summed E-state index contributed by atoms with van der Waals surface area (Å²) in [5, 5.41) is 43.5. The molecule has 54 heavy (non-hydrogen) atoms. The van der Waals surface area contributed by atoms with Gasteiger partial charge in [-0.25, -0.2) is 0 Å². The highest BCUT2D eigenvalue weighted by atomic mass is 16.3. The van der Waals surface area contributed by atoms with Gasteiger partial charge >= 0.3 is 0 Å². The molecule has 0 aromatic heterocycles. The minimum Gasteiger partial charge on any atom is -0.394 e. The molecule has 0 aliphatic carbocycles. The lowest BCUT2D eigenvalue weighted by Crippen LogP contribution is -2.53. The van der Waals surface area contributed by atoms with Gasteiger partial charge in [-0.3, -0.25) is 4.79 Å². The Kier molecular flexibility index (Phi) is 41.5. The fourth-order valence-corrected chi connectivity index (χ4v) is 7.08. The largest absolute Gasteiger partial charge is 0.394 e. The van der Waals surface area contributed by atoms with Crippen LogP contribution in [0.5, 0.6) is 0 Å². The average molecular weight is 762 g/mol. The van der Waals surface area contributed by atoms with E-state index in [0.717, 1.165) is 51.4 Å². The molecule has 0 rings (SSSR count). The van der Waals surface area contributed by atoms with E-state index >= 15 is 0 Å². The topological polar surface area (TPSA) is 110 Å². The fourth-order valence-electron chi connectivity index (χ4n) is 7.08. The summed E-state index contributed by atoms with van der Waals surface area (Å²) >= 11 is 0. The van der Waals surface area contributed by atoms with Gasteiger partial charge in [0.05, 0.1) is 18.8 Å². The maximum atomic E-state index is 12.4. The van der Waals surface area contributed by atoms with Crippen molar-refractivity contribution < 1.29 is 25.2 Å². The Morgan fingerprint density at radius 1 is 0.444 bits per heavy atom. The summed E-state index contributed by atoms with van der Waals surface area (Å²) in [6.07, 6.45) is 50.6. The SMILES string of the molecule is CCCCCCCCCCCCCCCCC/C=C/CC/C=C/CC/C=C/CCCC(O)C(O)C(CO)NC(=O)C(O)CCCCCCCCCCCC. The zero-order valence-electron chi connectivity index (χ0n) is 35.7. The number of amides is 1. The molecule has 0 aromatic rings. The van der Waals surface area contributed by atoms with E-state index in [1.54, 1.807) is 0 Å². The van der Waals surface area contributed by atoms with Crippen LogP contribution in [0.1, 0.15) is 232 Å². The van der Waals surface area contributed by atoms with Crippen molar-refractivity contribution in [3.8, 4) is 0 Å². The minimum absolute atomic E-state index is 0.359. The number of unbranched alkanes of at least 4 members (excludes halogenated alkanes) is 27. The Balaban J connectivity index is 3.73. The van der Waals surface area contributed by atoms with Crippen molar-refractivity contribution in [1.82, 2.24) is 5.32 Å². The van der Waals surface area contributed by atoms with Crippen molar-refractivity contribution in [2.45, 2.75) is 257 Å². The molecule has 6 heteroatoms. The maximum absolute atomic E-state index is 12.4. The van der Waals surface area contributed by atoms with Gasteiger partial charge in [0.2, 0.25) is 5.91 Å². The summed E-state index contributed by atoms with van der Waals surface area (Å²) in [4.78, 5) is 12.4. The van der Waals surface area contributed by atoms with E-state index in [1.807, 2.05) is 0 Å². The number of rotatable bonds is 42. The Bertz CT molecular complexity index is 858. The van der Waals surface area contributed by atoms with Crippen molar-refractivity contribution in [1.29, 1.82) is 0 Å². The van der Waals surface area contributed by atoms with Crippen molar-refractivity contribution in [3.05, 3.63) is 36.5 Å². The van der Waals surface area contributed by atoms with Gasteiger partial charge in [0.15, 0.2) is 0 Å². The van der Waals surface area contributed by atoms with Crippen LogP contribution in [0.4, 0.5) is 0 Å². The van der Waals surface area contributed by atoms with Crippen LogP contribution in [-0.4, -0.2) is 57.3 Å². The minimum atomic E-state index is -1.29. The lowest BCUT2D eigenvalue weighted by atomic mass is 10.00. The van der Waals surface area contributed by atoms with E-state index in [0.29, 0.717) is 19.3 Å². The average Bonchev–Trinajstić information content (AvgIpc) is 3.18. The van der Waals surface area contributed by atoms with E-state index < -0.39 is 36.9 Å². The highest BCUT2D eigenvalue weighted by Crippen LogP contribution is 2.15. The number of carbonyl (C=O) groups is 1. The summed E-state index contributed by atoms with van der Waals surface area (Å²) in [6, 6.07) is -1.01. The maximum Gasteiger partial charge on any atom is 0.249 e. The van der Waals surface area contributed by atoms with Gasteiger partial charge in [0, 0.05) is 0 Å². The smallest absolute Gasteiger partial charge is 0.249 e. The lowest BCUT2D eigenvalue weighted by Gasteiger charge is -2.27. The second kappa shape index (κ2) is 42.7. The third-order valence-electron chi connectivity index (χ3n) is 10.8. The third kappa shape index (κ3) is 36.2. The van der Waals surface area contributed by atoms with Crippen molar-refractivity contribution in [2.24, 2.45) is 0 Å². The molecule has 0 saturated carbocycles. The zero-order chi connectivity index (χ0) is 39.6. The molecule has 0 heterocycles. The first-order chi connectivity index (χ1) is 26.5. The van der Waals surface area contributed by atoms with Gasteiger partial charge in [-0.2, -0.15) is 0 Å². The monoisotopic (exact) mass is 762 g/mol. The lowest BCUT2D eigenvalue weighted by molar-refractivity contribution is -0.132. The number of hydrogen-bond acceptors (Lipinski definition) is 5. The molecule has 0 aliphatic rings. The fraction of sp³-hybridized carbons (Fsp3) is 0.854. The summed E-state index contributed by atoms with van der Waals surface area (Å²) in [5.74, 6) is -0.602. The summed E-state index contributed by atoms with van der Waals surface area (Å²) in [7, 11) is 0. The third-order valence-corrected chi connectivity index (χ3v) is 10.8. The highest BCUT2D eigenvalue weighted by molar-refractivity contribution is 5.80. The van der Waals surface area contributed by atoms with Gasteiger partial charge in [-0.15, -0.1) is 0 Å². The van der Waals surface area contributed by atoms with Crippen molar-refractivity contribution >= 4 is 5.91 Å². The van der Waals surface area contributed by atoms with E-state index in [1.165, 1.54) is 148 Å². The summed E-state index contributed by atoms with van der Waals surface area (Å²) in [6.45, 7) is 4.01. The molecule has 1 amide bonds. The molecule has 0 fully saturated rings. The Morgan fingerprint density at radius 2 is 0.778 bits per heavy atom. The molecule has 4 atom stereocenters. The van der Waals surface area contributed by atoms with Gasteiger partial charge in [-0.05, 0) is 64.2 Å². The first-order valence-corrected chi connectivity index (χ1v) is 23.4. The van der Waals surface area contributed by atoms with Crippen LogP contribution in [0.3, 0.4) is 0 Å². The van der Waals surface area contributed by atoms with Gasteiger partial charge in [0.1, 0.15) is 12.2 Å². The van der Waals surface area contributed by atoms with E-state index in [4.69, 9.17) is 0 Å². The van der Waals surface area contributed by atoms with E-state index in [9.17, 15) is 25.2 Å². The Hall–Kier alpha value is -1.47. The predicted octanol–water partition coefficient (Wildman–Crippen LogP) is 12.5. The molecule has 6 nitrogen and oxygen atoms in total. The van der Waals surface area contributed by atoms with Crippen LogP contribution < -0.4 is 5.32 Å². The van der Waals surface area contributed by atoms with Crippen LogP contribution in [0.15, 0.2) is 36.5 Å². The molecule has 0 saturated heterocycles. The van der Waals surface area contributed by atoms with Crippen LogP contribution in [0.2, 0.25) is 0 Å². The number of aliphatic hydroxyl groups excluding tert-OH is 4. The standard InChI is InChI=1S/C48H91NO5/c1-3-5-7-9-11-13-15-16-17-18-19-20-21-22-23-24-25-26-27-28-29-30-31-32-34-35-37-39-41-45(51)47(53)44(43-50)49-48(54)46(52)42-40-38-36-33-14-12-10-8-6-4-2/h25-26,29-30,34-35,44-47,50-53H,3-24,27-28,31-33,36-43H2,1-2H3,(H,49,54)/b26-25+,30-29+,35-34+. The molecule has 0 aromatic carbocycles. The highest BCUT2D eigenvalue weighted by Gasteiger charge is 2.28. The second-order valence-electron chi connectivity index (χ2n) is 16.1. The number of hydrogen-bond donors (Lipinski definition) is 5. The molecule has 0 aliphatic heterocycles. The van der Waals surface area contributed by atoms with E-state index in [-0.39, 0.29) is 0 Å². The van der Waals surface area contributed by atoms with Crippen LogP contribution in [0.25, 0.3) is 0 Å². The first kappa shape index (κ1) is 52.5.